The molecule has 4 nitrogen and oxygen atoms in total. The van der Waals surface area contributed by atoms with Crippen molar-refractivity contribution in [1.29, 1.82) is 0 Å². The fraction of sp³-hybridized carbons (Fsp3) is 0.429. The average Bonchev–Trinajstić information content (AvgIpc) is 2.64. The van der Waals surface area contributed by atoms with Crippen molar-refractivity contribution in [2.24, 2.45) is 0 Å². The number of aliphatic hydroxyl groups excluding tert-OH is 1. The number of rotatable bonds is 6. The number of phenolic OH excluding ortho intramolecular Hbond substituents is 1. The standard InChI is InChI=1S/C21H27BrN2O2/c1-15(20-12-18(22)6-7-21(20)26)23-13-16-4-2-3-5-17(16)14-24-10-8-19(25)9-11-24/h2-7,12,15,19,23,25-26H,8-11,13-14H2,1H3. The van der Waals surface area contributed by atoms with Crippen molar-refractivity contribution in [1.82, 2.24) is 10.2 Å². The number of nitrogens with zero attached hydrogens (tertiary/aromatic N) is 1. The SMILES string of the molecule is CC(NCc1ccccc1CN1CCC(O)CC1)c1cc(Br)ccc1O. The first-order valence-electron chi connectivity index (χ1n) is 9.22. The number of phenols is 1. The average molecular weight is 419 g/mol. The number of nitrogens with one attached hydrogen (secondary N) is 1. The van der Waals surface area contributed by atoms with Crippen LogP contribution in [0.4, 0.5) is 0 Å². The molecule has 3 N–H and O–H groups in total. The van der Waals surface area contributed by atoms with Gasteiger partial charge in [0.2, 0.25) is 0 Å². The first kappa shape index (κ1) is 19.4. The van der Waals surface area contributed by atoms with Crippen LogP contribution in [0.15, 0.2) is 46.9 Å². The lowest BCUT2D eigenvalue weighted by Crippen LogP contribution is -2.35. The Bertz CT molecular complexity index is 730. The Morgan fingerprint density at radius 2 is 1.85 bits per heavy atom. The highest BCUT2D eigenvalue weighted by molar-refractivity contribution is 9.10. The summed E-state index contributed by atoms with van der Waals surface area (Å²) < 4.78 is 0.964. The number of halogens is 1. The Morgan fingerprint density at radius 1 is 1.15 bits per heavy atom. The minimum Gasteiger partial charge on any atom is -0.508 e. The van der Waals surface area contributed by atoms with Crippen LogP contribution in [0.1, 0.15) is 42.5 Å². The molecule has 26 heavy (non-hydrogen) atoms. The van der Waals surface area contributed by atoms with E-state index in [2.05, 4.69) is 57.3 Å². The van der Waals surface area contributed by atoms with E-state index < -0.39 is 0 Å². The number of likely N-dealkylation sites (tertiary alicyclic amines) is 1. The molecule has 1 heterocycles. The Kier molecular flexibility index (Phi) is 6.70. The minimum absolute atomic E-state index is 0.0469. The smallest absolute Gasteiger partial charge is 0.120 e. The maximum atomic E-state index is 10.1. The highest BCUT2D eigenvalue weighted by Gasteiger charge is 2.18. The molecule has 2 aromatic carbocycles. The second kappa shape index (κ2) is 9.00. The summed E-state index contributed by atoms with van der Waals surface area (Å²) in [5.74, 6) is 0.313. The molecule has 1 aliphatic rings. The molecular weight excluding hydrogens is 392 g/mol. The summed E-state index contributed by atoms with van der Waals surface area (Å²) in [5.41, 5.74) is 3.49. The van der Waals surface area contributed by atoms with Gasteiger partial charge in [-0.1, -0.05) is 40.2 Å². The highest BCUT2D eigenvalue weighted by atomic mass is 79.9. The van der Waals surface area contributed by atoms with E-state index in [1.807, 2.05) is 12.1 Å². The third-order valence-corrected chi connectivity index (χ3v) is 5.62. The van der Waals surface area contributed by atoms with Crippen LogP contribution in [0.2, 0.25) is 0 Å². The molecule has 2 aromatic rings. The zero-order valence-corrected chi connectivity index (χ0v) is 16.7. The molecule has 0 spiro atoms. The van der Waals surface area contributed by atoms with Crippen LogP contribution < -0.4 is 5.32 Å². The molecule has 1 saturated heterocycles. The summed E-state index contributed by atoms with van der Waals surface area (Å²) in [7, 11) is 0. The van der Waals surface area contributed by atoms with Crippen LogP contribution in [0.5, 0.6) is 5.75 Å². The van der Waals surface area contributed by atoms with E-state index >= 15 is 0 Å². The van der Waals surface area contributed by atoms with Gasteiger partial charge in [0.05, 0.1) is 6.10 Å². The molecule has 1 fully saturated rings. The quantitative estimate of drug-likeness (QED) is 0.664. The summed E-state index contributed by atoms with van der Waals surface area (Å²) in [4.78, 5) is 2.41. The maximum Gasteiger partial charge on any atom is 0.120 e. The fourth-order valence-corrected chi connectivity index (χ4v) is 3.83. The van der Waals surface area contributed by atoms with Gasteiger partial charge in [0.1, 0.15) is 5.75 Å². The van der Waals surface area contributed by atoms with E-state index in [4.69, 9.17) is 0 Å². The lowest BCUT2D eigenvalue weighted by atomic mass is 10.0. The van der Waals surface area contributed by atoms with E-state index in [1.165, 1.54) is 11.1 Å². The van der Waals surface area contributed by atoms with Gasteiger partial charge in [-0.15, -0.1) is 0 Å². The van der Waals surface area contributed by atoms with Gasteiger partial charge < -0.3 is 15.5 Å². The van der Waals surface area contributed by atoms with Gasteiger partial charge in [0.15, 0.2) is 0 Å². The maximum absolute atomic E-state index is 10.1. The van der Waals surface area contributed by atoms with E-state index in [-0.39, 0.29) is 12.1 Å². The number of hydrogen-bond acceptors (Lipinski definition) is 4. The minimum atomic E-state index is -0.137. The highest BCUT2D eigenvalue weighted by Crippen LogP contribution is 2.28. The third-order valence-electron chi connectivity index (χ3n) is 5.12. The number of hydrogen-bond donors (Lipinski definition) is 3. The van der Waals surface area contributed by atoms with Gasteiger partial charge >= 0.3 is 0 Å². The summed E-state index contributed by atoms with van der Waals surface area (Å²) in [6, 6.07) is 14.1. The van der Waals surface area contributed by atoms with Crippen LogP contribution in [-0.4, -0.2) is 34.3 Å². The second-order valence-corrected chi connectivity index (χ2v) is 8.00. The summed E-state index contributed by atoms with van der Waals surface area (Å²) in [6.07, 6.45) is 1.58. The first-order valence-corrected chi connectivity index (χ1v) is 10.0. The number of aromatic hydroxyl groups is 1. The molecule has 0 bridgehead atoms. The molecule has 0 amide bonds. The normalized spacial score (nSPS) is 17.3. The van der Waals surface area contributed by atoms with Gasteiger partial charge in [-0.05, 0) is 49.1 Å². The third kappa shape index (κ3) is 5.07. The molecule has 1 atom stereocenters. The summed E-state index contributed by atoms with van der Waals surface area (Å²) >= 11 is 3.47. The summed E-state index contributed by atoms with van der Waals surface area (Å²) in [6.45, 7) is 5.63. The molecule has 140 valence electrons. The van der Waals surface area contributed by atoms with Crippen LogP contribution in [0, 0.1) is 0 Å². The Hall–Kier alpha value is -1.40. The molecule has 0 aromatic heterocycles. The van der Waals surface area contributed by atoms with E-state index in [9.17, 15) is 10.2 Å². The van der Waals surface area contributed by atoms with Crippen molar-refractivity contribution < 1.29 is 10.2 Å². The molecule has 5 heteroatoms. The van der Waals surface area contributed by atoms with Crippen LogP contribution in [0.25, 0.3) is 0 Å². The zero-order chi connectivity index (χ0) is 18.5. The second-order valence-electron chi connectivity index (χ2n) is 7.08. The predicted octanol–water partition coefficient (Wildman–Crippen LogP) is 3.96. The molecule has 1 unspecified atom stereocenters. The van der Waals surface area contributed by atoms with E-state index in [1.54, 1.807) is 6.07 Å². The van der Waals surface area contributed by atoms with Crippen LogP contribution in [0.3, 0.4) is 0 Å². The topological polar surface area (TPSA) is 55.7 Å². The van der Waals surface area contributed by atoms with Crippen molar-refractivity contribution in [3.63, 3.8) is 0 Å². The van der Waals surface area contributed by atoms with Crippen molar-refractivity contribution in [3.8, 4) is 5.75 Å². The fourth-order valence-electron chi connectivity index (χ4n) is 3.45. The molecule has 3 rings (SSSR count). The van der Waals surface area contributed by atoms with Crippen molar-refractivity contribution >= 4 is 15.9 Å². The Morgan fingerprint density at radius 3 is 2.58 bits per heavy atom. The van der Waals surface area contributed by atoms with Gasteiger partial charge in [-0.25, -0.2) is 0 Å². The first-order chi connectivity index (χ1) is 12.5. The largest absolute Gasteiger partial charge is 0.508 e. The number of aliphatic hydroxyl groups is 1. The molecular formula is C21H27BrN2O2. The van der Waals surface area contributed by atoms with Gasteiger partial charge in [-0.3, -0.25) is 4.90 Å². The number of piperidine rings is 1. The lowest BCUT2D eigenvalue weighted by molar-refractivity contribution is 0.0791. The molecule has 0 radical (unpaired) electrons. The van der Waals surface area contributed by atoms with Crippen molar-refractivity contribution in [2.45, 2.75) is 45.0 Å². The lowest BCUT2D eigenvalue weighted by Gasteiger charge is -2.30. The zero-order valence-electron chi connectivity index (χ0n) is 15.2. The van der Waals surface area contributed by atoms with Gasteiger partial charge in [-0.2, -0.15) is 0 Å². The van der Waals surface area contributed by atoms with Crippen LogP contribution in [-0.2, 0) is 13.1 Å². The Balaban J connectivity index is 1.64. The monoisotopic (exact) mass is 418 g/mol. The van der Waals surface area contributed by atoms with Crippen molar-refractivity contribution in [2.75, 3.05) is 13.1 Å². The predicted molar refractivity (Wildman–Crippen MR) is 108 cm³/mol. The van der Waals surface area contributed by atoms with Gasteiger partial charge in [0.25, 0.3) is 0 Å². The number of benzene rings is 2. The van der Waals surface area contributed by atoms with E-state index in [0.29, 0.717) is 5.75 Å². The molecule has 1 aliphatic heterocycles. The summed E-state index contributed by atoms with van der Waals surface area (Å²) in [5, 5.41) is 23.3. The van der Waals surface area contributed by atoms with Crippen molar-refractivity contribution in [3.05, 3.63) is 63.6 Å². The van der Waals surface area contributed by atoms with Gasteiger partial charge in [0, 0.05) is 42.3 Å². The van der Waals surface area contributed by atoms with Crippen LogP contribution >= 0.6 is 15.9 Å². The Labute approximate surface area is 164 Å². The van der Waals surface area contributed by atoms with E-state index in [0.717, 1.165) is 49.1 Å². The molecule has 0 saturated carbocycles. The molecule has 0 aliphatic carbocycles.